The first kappa shape index (κ1) is 15.7. The second kappa shape index (κ2) is 10.1. The molecular weight excluding hydrogens is 94.0 g/mol. The van der Waals surface area contributed by atoms with Gasteiger partial charge in [0.25, 0.3) is 0 Å². The molecule has 0 aromatic rings. The van der Waals surface area contributed by atoms with Gasteiger partial charge in [-0.15, -0.1) is 0 Å². The van der Waals surface area contributed by atoms with E-state index in [0.29, 0.717) is 5.92 Å². The first-order valence-electron chi connectivity index (χ1n) is 1.56. The summed E-state index contributed by atoms with van der Waals surface area (Å²) in [5.74, 6) is 0.583. The molecular formula is C4H9Na2. The predicted octanol–water partition coefficient (Wildman–Crippen LogP) is -1.90. The largest absolute Gasteiger partial charge is 1.00 e. The molecule has 0 heterocycles. The predicted molar refractivity (Wildman–Crippen MR) is 25.9 cm³/mol. The first-order chi connectivity index (χ1) is 1.73. The van der Waals surface area contributed by atoms with E-state index < -0.39 is 0 Å². The molecule has 0 saturated carbocycles. The fourth-order valence-corrected chi connectivity index (χ4v) is 0. The van der Waals surface area contributed by atoms with Crippen LogP contribution in [0.2, 0.25) is 0 Å². The van der Waals surface area contributed by atoms with Gasteiger partial charge in [0, 0.05) is 29.6 Å². The molecule has 0 aromatic heterocycles. The van der Waals surface area contributed by atoms with Crippen LogP contribution in [-0.2, 0) is 0 Å². The van der Waals surface area contributed by atoms with Crippen molar-refractivity contribution in [1.82, 2.24) is 0 Å². The average molecular weight is 103 g/mol. The molecule has 0 amide bonds. The topological polar surface area (TPSA) is 0 Å². The van der Waals surface area contributed by atoms with Crippen LogP contribution in [-0.4, -0.2) is 29.6 Å². The van der Waals surface area contributed by atoms with Crippen LogP contribution in [0.25, 0.3) is 0 Å². The molecule has 0 aliphatic rings. The molecule has 0 bridgehead atoms. The van der Waals surface area contributed by atoms with Gasteiger partial charge >= 0.3 is 29.6 Å². The molecule has 0 spiro atoms. The van der Waals surface area contributed by atoms with Crippen LogP contribution in [0.4, 0.5) is 0 Å². The third kappa shape index (κ3) is 37.5. The van der Waals surface area contributed by atoms with E-state index >= 15 is 0 Å². The summed E-state index contributed by atoms with van der Waals surface area (Å²) in [5, 5.41) is 0. The van der Waals surface area contributed by atoms with Crippen molar-refractivity contribution in [2.24, 2.45) is 5.92 Å². The Hall–Kier alpha value is 2.00. The van der Waals surface area contributed by atoms with Gasteiger partial charge in [-0.1, -0.05) is 13.8 Å². The average Bonchev–Trinajstić information content (AvgIpc) is 0.811. The molecule has 0 atom stereocenters. The zero-order chi connectivity index (χ0) is 3.58. The zero-order valence-corrected chi connectivity index (χ0v) is 9.28. The molecule has 0 saturated heterocycles. The van der Waals surface area contributed by atoms with Gasteiger partial charge in [0.2, 0.25) is 0 Å². The van der Waals surface area contributed by atoms with Crippen LogP contribution in [0, 0.1) is 12.8 Å². The monoisotopic (exact) mass is 103 g/mol. The Labute approximate surface area is 84.7 Å². The van der Waals surface area contributed by atoms with Crippen molar-refractivity contribution in [1.29, 1.82) is 0 Å². The van der Waals surface area contributed by atoms with Crippen molar-refractivity contribution < 1.29 is 29.6 Å². The summed E-state index contributed by atoms with van der Waals surface area (Å²) in [4.78, 5) is 0. The normalized spacial score (nSPS) is 6.00. The summed E-state index contributed by atoms with van der Waals surface area (Å²) >= 11 is 0. The fraction of sp³-hybridized carbons (Fsp3) is 0.750. The smallest absolute Gasteiger partial charge is 0.341 e. The van der Waals surface area contributed by atoms with E-state index in [4.69, 9.17) is 0 Å². The van der Waals surface area contributed by atoms with Crippen LogP contribution >= 0.6 is 0 Å². The van der Waals surface area contributed by atoms with Crippen LogP contribution in [0.15, 0.2) is 0 Å². The van der Waals surface area contributed by atoms with Gasteiger partial charge in [-0.3, -0.25) is 0 Å². The van der Waals surface area contributed by atoms with E-state index in [1.807, 2.05) is 0 Å². The Morgan fingerprint density at radius 2 is 1.33 bits per heavy atom. The second-order valence-electron chi connectivity index (χ2n) is 1.39. The van der Waals surface area contributed by atoms with Gasteiger partial charge in [0.1, 0.15) is 0 Å². The number of rotatable bonds is 0. The van der Waals surface area contributed by atoms with E-state index in [9.17, 15) is 0 Å². The molecule has 1 radical (unpaired) electrons. The summed E-state index contributed by atoms with van der Waals surface area (Å²) in [6.45, 7) is 7.75. The van der Waals surface area contributed by atoms with Crippen molar-refractivity contribution in [3.8, 4) is 0 Å². The van der Waals surface area contributed by atoms with Crippen molar-refractivity contribution in [3.63, 3.8) is 0 Å². The SMILES string of the molecule is [CH2-]C(C)C.[Na+].[Na]. The maximum absolute atomic E-state index is 3.64. The maximum Gasteiger partial charge on any atom is 1.00 e. The standard InChI is InChI=1S/C4H9.2Na/c1-4(2)3;;/h4H,1H2,2-3H3;;/q-1;;+1. The van der Waals surface area contributed by atoms with Gasteiger partial charge in [-0.2, -0.15) is 5.92 Å². The van der Waals surface area contributed by atoms with Gasteiger partial charge in [-0.25, -0.2) is 0 Å². The summed E-state index contributed by atoms with van der Waals surface area (Å²) < 4.78 is 0. The summed E-state index contributed by atoms with van der Waals surface area (Å²) in [5.41, 5.74) is 0. The Balaban J connectivity index is -0.0000000450. The van der Waals surface area contributed by atoms with Crippen LogP contribution < -0.4 is 29.6 Å². The van der Waals surface area contributed by atoms with Crippen LogP contribution in [0.5, 0.6) is 0 Å². The summed E-state index contributed by atoms with van der Waals surface area (Å²) in [7, 11) is 0. The van der Waals surface area contributed by atoms with Gasteiger partial charge in [-0.05, 0) is 0 Å². The zero-order valence-electron chi connectivity index (χ0n) is 5.28. The molecule has 6 heavy (non-hydrogen) atoms. The maximum atomic E-state index is 3.64. The molecule has 0 nitrogen and oxygen atoms in total. The molecule has 0 aliphatic carbocycles. The molecule has 2 heteroatoms. The molecule has 0 fully saturated rings. The second-order valence-corrected chi connectivity index (χ2v) is 1.39. The number of hydrogen-bond donors (Lipinski definition) is 0. The number of hydrogen-bond acceptors (Lipinski definition) is 0. The summed E-state index contributed by atoms with van der Waals surface area (Å²) in [6, 6.07) is 0. The van der Waals surface area contributed by atoms with Crippen molar-refractivity contribution in [2.45, 2.75) is 13.8 Å². The Morgan fingerprint density at radius 1 is 1.33 bits per heavy atom. The molecule has 0 N–H and O–H groups in total. The quantitative estimate of drug-likeness (QED) is 0.248. The molecule has 27 valence electrons. The van der Waals surface area contributed by atoms with E-state index in [0.717, 1.165) is 0 Å². The fourth-order valence-electron chi connectivity index (χ4n) is 0. The van der Waals surface area contributed by atoms with Crippen molar-refractivity contribution in [2.75, 3.05) is 0 Å². The Morgan fingerprint density at radius 3 is 1.33 bits per heavy atom. The minimum atomic E-state index is 0. The van der Waals surface area contributed by atoms with E-state index in [-0.39, 0.29) is 59.1 Å². The van der Waals surface area contributed by atoms with Crippen molar-refractivity contribution in [3.05, 3.63) is 6.92 Å². The first-order valence-corrected chi connectivity index (χ1v) is 1.56. The van der Waals surface area contributed by atoms with Crippen LogP contribution in [0.1, 0.15) is 13.8 Å². The van der Waals surface area contributed by atoms with Gasteiger partial charge < -0.3 is 6.92 Å². The molecule has 0 aromatic carbocycles. The summed E-state index contributed by atoms with van der Waals surface area (Å²) in [6.07, 6.45) is 0. The van der Waals surface area contributed by atoms with E-state index in [2.05, 4.69) is 20.8 Å². The molecule has 0 unspecified atom stereocenters. The van der Waals surface area contributed by atoms with E-state index in [1.54, 1.807) is 0 Å². The Kier molecular flexibility index (Phi) is 26.3. The third-order valence-corrected chi connectivity index (χ3v) is 0. The minimum Gasteiger partial charge on any atom is -0.341 e. The molecule has 0 rings (SSSR count). The van der Waals surface area contributed by atoms with Crippen LogP contribution in [0.3, 0.4) is 0 Å². The molecule has 0 aliphatic heterocycles. The minimum absolute atomic E-state index is 0. The van der Waals surface area contributed by atoms with Crippen molar-refractivity contribution >= 4 is 29.6 Å². The third-order valence-electron chi connectivity index (χ3n) is 0. The Bertz CT molecular complexity index is 10.3. The van der Waals surface area contributed by atoms with Gasteiger partial charge in [0.05, 0.1) is 0 Å². The van der Waals surface area contributed by atoms with E-state index in [1.165, 1.54) is 0 Å². The van der Waals surface area contributed by atoms with Gasteiger partial charge in [0.15, 0.2) is 0 Å².